The lowest BCUT2D eigenvalue weighted by molar-refractivity contribution is 0.126. The van der Waals surface area contributed by atoms with Crippen LogP contribution in [0.25, 0.3) is 0 Å². The summed E-state index contributed by atoms with van der Waals surface area (Å²) in [7, 11) is 1.93. The Kier molecular flexibility index (Phi) is 7.20. The highest BCUT2D eigenvalue weighted by Gasteiger charge is 2.30. The van der Waals surface area contributed by atoms with Crippen LogP contribution in [0, 0.1) is 0 Å². The maximum atomic E-state index is 9.93. The van der Waals surface area contributed by atoms with Gasteiger partial charge in [0.25, 0.3) is 0 Å². The first-order chi connectivity index (χ1) is 9.63. The molecule has 3 heteroatoms. The molecule has 0 aliphatic rings. The van der Waals surface area contributed by atoms with Gasteiger partial charge in [-0.1, -0.05) is 44.2 Å². The Bertz CT molecular complexity index is 363. The van der Waals surface area contributed by atoms with E-state index in [9.17, 15) is 5.11 Å². The largest absolute Gasteiger partial charge is 0.394 e. The first-order valence-corrected chi connectivity index (χ1v) is 7.72. The maximum Gasteiger partial charge on any atom is 0.0678 e. The Morgan fingerprint density at radius 1 is 1.25 bits per heavy atom. The minimum Gasteiger partial charge on any atom is -0.394 e. The lowest BCUT2D eigenvalue weighted by Gasteiger charge is -2.36. The average molecular weight is 278 g/mol. The fourth-order valence-electron chi connectivity index (χ4n) is 2.70. The summed E-state index contributed by atoms with van der Waals surface area (Å²) in [5.41, 5.74) is 0.812. The quantitative estimate of drug-likeness (QED) is 0.729. The highest BCUT2D eigenvalue weighted by atomic mass is 16.3. The van der Waals surface area contributed by atoms with E-state index >= 15 is 0 Å². The SMILES string of the molecule is CCC(C)N(CC)CCC(CO)(NC)c1ccccc1. The van der Waals surface area contributed by atoms with Gasteiger partial charge in [-0.15, -0.1) is 0 Å². The number of benzene rings is 1. The van der Waals surface area contributed by atoms with E-state index in [-0.39, 0.29) is 12.1 Å². The number of nitrogens with one attached hydrogen (secondary N) is 1. The van der Waals surface area contributed by atoms with Crippen LogP contribution in [0.3, 0.4) is 0 Å². The summed E-state index contributed by atoms with van der Waals surface area (Å²) in [4.78, 5) is 2.48. The lowest BCUT2D eigenvalue weighted by atomic mass is 9.87. The van der Waals surface area contributed by atoms with Gasteiger partial charge in [0.2, 0.25) is 0 Å². The summed E-state index contributed by atoms with van der Waals surface area (Å²) in [6.07, 6.45) is 2.06. The molecule has 0 aliphatic carbocycles. The molecular formula is C17H30N2O. The molecular weight excluding hydrogens is 248 g/mol. The first kappa shape index (κ1) is 17.2. The normalized spacial score (nSPS) is 16.1. The zero-order valence-electron chi connectivity index (χ0n) is 13.4. The molecule has 1 aromatic carbocycles. The second kappa shape index (κ2) is 8.40. The van der Waals surface area contributed by atoms with E-state index in [2.05, 4.69) is 43.1 Å². The molecule has 2 N–H and O–H groups in total. The highest BCUT2D eigenvalue weighted by molar-refractivity contribution is 5.24. The molecule has 0 aliphatic heterocycles. The minimum atomic E-state index is -0.345. The molecule has 0 saturated heterocycles. The zero-order valence-corrected chi connectivity index (χ0v) is 13.4. The molecule has 2 unspecified atom stereocenters. The van der Waals surface area contributed by atoms with Crippen molar-refractivity contribution >= 4 is 0 Å². The van der Waals surface area contributed by atoms with E-state index in [4.69, 9.17) is 0 Å². The van der Waals surface area contributed by atoms with E-state index in [1.807, 2.05) is 25.2 Å². The molecule has 0 aromatic heterocycles. The number of rotatable bonds is 9. The van der Waals surface area contributed by atoms with Crippen LogP contribution in [-0.4, -0.2) is 42.8 Å². The molecule has 20 heavy (non-hydrogen) atoms. The lowest BCUT2D eigenvalue weighted by Crippen LogP contribution is -2.47. The first-order valence-electron chi connectivity index (χ1n) is 7.72. The van der Waals surface area contributed by atoms with Crippen molar-refractivity contribution < 1.29 is 5.11 Å². The topological polar surface area (TPSA) is 35.5 Å². The number of nitrogens with zero attached hydrogens (tertiary/aromatic N) is 1. The second-order valence-corrected chi connectivity index (χ2v) is 5.49. The summed E-state index contributed by atoms with van der Waals surface area (Å²) >= 11 is 0. The Morgan fingerprint density at radius 2 is 1.90 bits per heavy atom. The molecule has 1 aromatic rings. The summed E-state index contributed by atoms with van der Waals surface area (Å²) < 4.78 is 0. The highest BCUT2D eigenvalue weighted by Crippen LogP contribution is 2.25. The molecule has 0 amide bonds. The molecule has 2 atom stereocenters. The molecule has 0 heterocycles. The van der Waals surface area contributed by atoms with Crippen LogP contribution in [0.1, 0.15) is 39.2 Å². The number of likely N-dealkylation sites (N-methyl/N-ethyl adjacent to an activating group) is 1. The van der Waals surface area contributed by atoms with Crippen LogP contribution in [0.4, 0.5) is 0 Å². The summed E-state index contributed by atoms with van der Waals surface area (Å²) in [6.45, 7) is 8.85. The second-order valence-electron chi connectivity index (χ2n) is 5.49. The van der Waals surface area contributed by atoms with Crippen LogP contribution in [-0.2, 0) is 5.54 Å². The standard InChI is InChI=1S/C17H30N2O/c1-5-15(3)19(6-2)13-12-17(14-20,18-4)16-10-8-7-9-11-16/h7-11,15,18,20H,5-6,12-14H2,1-4H3. The van der Waals surface area contributed by atoms with Gasteiger partial charge in [-0.05, 0) is 38.9 Å². The van der Waals surface area contributed by atoms with Gasteiger partial charge in [-0.25, -0.2) is 0 Å². The third-order valence-corrected chi connectivity index (χ3v) is 4.52. The predicted octanol–water partition coefficient (Wildman–Crippen LogP) is 2.60. The van der Waals surface area contributed by atoms with Crippen molar-refractivity contribution in [2.45, 2.75) is 45.2 Å². The van der Waals surface area contributed by atoms with Crippen molar-refractivity contribution in [3.05, 3.63) is 35.9 Å². The Balaban J connectivity index is 2.82. The third kappa shape index (κ3) is 4.05. The van der Waals surface area contributed by atoms with E-state index in [0.29, 0.717) is 6.04 Å². The van der Waals surface area contributed by atoms with Gasteiger partial charge in [-0.3, -0.25) is 0 Å². The van der Waals surface area contributed by atoms with Crippen molar-refractivity contribution in [3.63, 3.8) is 0 Å². The molecule has 0 radical (unpaired) electrons. The van der Waals surface area contributed by atoms with E-state index in [0.717, 1.165) is 31.5 Å². The monoisotopic (exact) mass is 278 g/mol. The fourth-order valence-corrected chi connectivity index (χ4v) is 2.70. The zero-order chi connectivity index (χ0) is 15.0. The van der Waals surface area contributed by atoms with Gasteiger partial charge in [0, 0.05) is 12.6 Å². The number of hydrogen-bond donors (Lipinski definition) is 2. The smallest absolute Gasteiger partial charge is 0.0678 e. The number of aliphatic hydroxyl groups is 1. The van der Waals surface area contributed by atoms with Gasteiger partial charge < -0.3 is 15.3 Å². The summed E-state index contributed by atoms with van der Waals surface area (Å²) in [6, 6.07) is 10.8. The average Bonchev–Trinajstić information content (AvgIpc) is 2.52. The van der Waals surface area contributed by atoms with Crippen molar-refractivity contribution in [3.8, 4) is 0 Å². The molecule has 0 spiro atoms. The third-order valence-electron chi connectivity index (χ3n) is 4.52. The van der Waals surface area contributed by atoms with Crippen LogP contribution in [0.15, 0.2) is 30.3 Å². The minimum absolute atomic E-state index is 0.117. The van der Waals surface area contributed by atoms with Crippen molar-refractivity contribution in [1.29, 1.82) is 0 Å². The maximum absolute atomic E-state index is 9.93. The van der Waals surface area contributed by atoms with Crippen molar-refractivity contribution in [2.24, 2.45) is 0 Å². The van der Waals surface area contributed by atoms with E-state index in [1.165, 1.54) is 0 Å². The predicted molar refractivity (Wildman–Crippen MR) is 85.9 cm³/mol. The van der Waals surface area contributed by atoms with Gasteiger partial charge in [0.05, 0.1) is 12.1 Å². The molecule has 0 saturated carbocycles. The fraction of sp³-hybridized carbons (Fsp3) is 0.647. The molecule has 3 nitrogen and oxygen atoms in total. The van der Waals surface area contributed by atoms with Crippen molar-refractivity contribution in [2.75, 3.05) is 26.7 Å². The van der Waals surface area contributed by atoms with E-state index in [1.54, 1.807) is 0 Å². The van der Waals surface area contributed by atoms with Crippen LogP contribution in [0.5, 0.6) is 0 Å². The van der Waals surface area contributed by atoms with Gasteiger partial charge in [0.1, 0.15) is 0 Å². The number of hydrogen-bond acceptors (Lipinski definition) is 3. The molecule has 1 rings (SSSR count). The Labute approximate surface area is 124 Å². The molecule has 0 fully saturated rings. The Hall–Kier alpha value is -0.900. The summed E-state index contributed by atoms with van der Waals surface area (Å²) in [5, 5.41) is 13.3. The van der Waals surface area contributed by atoms with Crippen molar-refractivity contribution in [1.82, 2.24) is 10.2 Å². The molecule has 114 valence electrons. The Morgan fingerprint density at radius 3 is 2.35 bits per heavy atom. The summed E-state index contributed by atoms with van der Waals surface area (Å²) in [5.74, 6) is 0. The van der Waals surface area contributed by atoms with Crippen LogP contribution in [0.2, 0.25) is 0 Å². The van der Waals surface area contributed by atoms with E-state index < -0.39 is 0 Å². The molecule has 0 bridgehead atoms. The van der Waals surface area contributed by atoms with Gasteiger partial charge >= 0.3 is 0 Å². The van der Waals surface area contributed by atoms with Crippen LogP contribution >= 0.6 is 0 Å². The van der Waals surface area contributed by atoms with Crippen LogP contribution < -0.4 is 5.32 Å². The van der Waals surface area contributed by atoms with Gasteiger partial charge in [-0.2, -0.15) is 0 Å². The van der Waals surface area contributed by atoms with Gasteiger partial charge in [0.15, 0.2) is 0 Å². The number of aliphatic hydroxyl groups excluding tert-OH is 1.